The second-order valence-electron chi connectivity index (χ2n) is 5.89. The lowest BCUT2D eigenvalue weighted by molar-refractivity contribution is -0.141. The van der Waals surface area contributed by atoms with E-state index in [0.29, 0.717) is 38.5 Å². The number of halogens is 5. The first-order valence-corrected chi connectivity index (χ1v) is 8.03. The maximum atomic E-state index is 13.3. The van der Waals surface area contributed by atoms with Gasteiger partial charge in [-0.05, 0) is 37.4 Å². The molecule has 1 aliphatic heterocycles. The van der Waals surface area contributed by atoms with Gasteiger partial charge in [0.2, 0.25) is 11.8 Å². The van der Waals surface area contributed by atoms with E-state index in [1.165, 1.54) is 18.2 Å². The molecule has 27 heavy (non-hydrogen) atoms. The highest BCUT2D eigenvalue weighted by Crippen LogP contribution is 2.33. The second kappa shape index (κ2) is 8.71. The highest BCUT2D eigenvalue weighted by Gasteiger charge is 2.35. The van der Waals surface area contributed by atoms with Gasteiger partial charge in [-0.25, -0.2) is 9.37 Å². The third kappa shape index (κ3) is 5.43. The Morgan fingerprint density at radius 3 is 2.41 bits per heavy atom. The molecule has 2 aromatic rings. The molecule has 0 unspecified atom stereocenters. The third-order valence-corrected chi connectivity index (χ3v) is 4.04. The zero-order valence-corrected chi connectivity index (χ0v) is 15.0. The molecule has 0 bridgehead atoms. The average Bonchev–Trinajstić information content (AvgIpc) is 2.61. The molecule has 1 radical (unpaired) electrons. The normalized spacial score (nSPS) is 15.4. The molecule has 0 saturated carbocycles. The second-order valence-corrected chi connectivity index (χ2v) is 5.89. The summed E-state index contributed by atoms with van der Waals surface area (Å²) < 4.78 is 58.2. The van der Waals surface area contributed by atoms with Gasteiger partial charge >= 0.3 is 6.18 Å². The van der Waals surface area contributed by atoms with Gasteiger partial charge < -0.3 is 15.4 Å². The minimum absolute atomic E-state index is 0. The van der Waals surface area contributed by atoms with Crippen LogP contribution in [0, 0.1) is 11.7 Å². The van der Waals surface area contributed by atoms with Gasteiger partial charge in [-0.1, -0.05) is 6.07 Å². The topological polar surface area (TPSA) is 64.3 Å². The zero-order chi connectivity index (χ0) is 18.7. The lowest BCUT2D eigenvalue weighted by Crippen LogP contribution is -2.36. The highest BCUT2D eigenvalue weighted by atomic mass is 35.5. The largest absolute Gasteiger partial charge is 0.439 e. The van der Waals surface area contributed by atoms with Crippen molar-refractivity contribution in [2.45, 2.75) is 19.0 Å². The third-order valence-electron chi connectivity index (χ3n) is 4.04. The van der Waals surface area contributed by atoms with Crippen LogP contribution in [-0.2, 0) is 6.18 Å². The van der Waals surface area contributed by atoms with Crippen LogP contribution >= 0.6 is 12.4 Å². The molecule has 3 rings (SSSR count). The fourth-order valence-corrected chi connectivity index (χ4v) is 2.63. The molecule has 0 aliphatic carbocycles. The van der Waals surface area contributed by atoms with E-state index >= 15 is 0 Å². The molecule has 1 aromatic carbocycles. The standard InChI is InChI=1S/C17H17F4N4O.ClH/c18-12-2-1-3-13(8-12)26-15-9-14(17(19,20)21)23-16(24-15)25-6-4-11(10-22)5-7-25;/h1-3,8-9H,4-7,10,22H2;1H. The molecule has 5 nitrogen and oxygen atoms in total. The Balaban J connectivity index is 0.00000261. The number of nitrogens with zero attached hydrogens (tertiary/aromatic N) is 3. The van der Waals surface area contributed by atoms with E-state index in [9.17, 15) is 17.6 Å². The molecule has 147 valence electrons. The summed E-state index contributed by atoms with van der Waals surface area (Å²) in [5.41, 5.74) is 4.50. The van der Waals surface area contributed by atoms with Crippen molar-refractivity contribution in [3.05, 3.63) is 47.8 Å². The van der Waals surface area contributed by atoms with Gasteiger partial charge in [0, 0.05) is 25.2 Å². The number of rotatable bonds is 4. The number of hydrogen-bond donors (Lipinski definition) is 1. The Kier molecular flexibility index (Phi) is 6.83. The number of piperidine rings is 1. The maximum absolute atomic E-state index is 13.3. The number of benzene rings is 1. The predicted octanol–water partition coefficient (Wildman–Crippen LogP) is 3.98. The molecule has 0 amide bonds. The smallest absolute Gasteiger partial charge is 0.433 e. The summed E-state index contributed by atoms with van der Waals surface area (Å²) in [5.74, 6) is 0.294. The van der Waals surface area contributed by atoms with Gasteiger partial charge in [0.1, 0.15) is 11.6 Å². The Labute approximate surface area is 160 Å². The van der Waals surface area contributed by atoms with Gasteiger partial charge in [-0.15, -0.1) is 12.4 Å². The number of hydrogen-bond acceptors (Lipinski definition) is 5. The molecule has 2 N–H and O–H groups in total. The monoisotopic (exact) mass is 405 g/mol. The zero-order valence-electron chi connectivity index (χ0n) is 14.2. The van der Waals surface area contributed by atoms with Crippen LogP contribution in [0.25, 0.3) is 0 Å². The van der Waals surface area contributed by atoms with Crippen molar-refractivity contribution in [2.24, 2.45) is 5.73 Å². The minimum Gasteiger partial charge on any atom is -0.439 e. The van der Waals surface area contributed by atoms with Crippen LogP contribution in [0.15, 0.2) is 30.3 Å². The Bertz CT molecular complexity index is 767. The molecular weight excluding hydrogens is 388 g/mol. The van der Waals surface area contributed by atoms with Crippen LogP contribution in [0.4, 0.5) is 23.5 Å². The summed E-state index contributed by atoms with van der Waals surface area (Å²) >= 11 is 0. The van der Waals surface area contributed by atoms with Crippen LogP contribution in [0.1, 0.15) is 18.5 Å². The van der Waals surface area contributed by atoms with Crippen LogP contribution in [-0.4, -0.2) is 29.6 Å². The van der Waals surface area contributed by atoms with Gasteiger partial charge in [0.15, 0.2) is 5.69 Å². The number of nitrogens with two attached hydrogens (primary N) is 1. The van der Waals surface area contributed by atoms with Gasteiger partial charge in [-0.2, -0.15) is 18.2 Å². The SMILES string of the molecule is Cl.NC[C]1CCN(c2nc(Oc3cccc(F)c3)cc(C(F)(F)F)n2)CC1. The maximum Gasteiger partial charge on any atom is 0.433 e. The van der Waals surface area contributed by atoms with Crippen LogP contribution in [0.5, 0.6) is 11.6 Å². The summed E-state index contributed by atoms with van der Waals surface area (Å²) in [5, 5.41) is 0. The molecule has 1 aromatic heterocycles. The van der Waals surface area contributed by atoms with Crippen molar-refractivity contribution >= 4 is 18.4 Å². The van der Waals surface area contributed by atoms with Crippen molar-refractivity contribution in [3.8, 4) is 11.6 Å². The molecule has 0 spiro atoms. The molecule has 1 fully saturated rings. The Morgan fingerprint density at radius 2 is 1.81 bits per heavy atom. The van der Waals surface area contributed by atoms with E-state index in [1.807, 2.05) is 0 Å². The summed E-state index contributed by atoms with van der Waals surface area (Å²) in [6.45, 7) is 1.42. The van der Waals surface area contributed by atoms with Crippen LogP contribution in [0.2, 0.25) is 0 Å². The van der Waals surface area contributed by atoms with Crippen molar-refractivity contribution in [3.63, 3.8) is 0 Å². The molecule has 10 heteroatoms. The molecule has 1 saturated heterocycles. The van der Waals surface area contributed by atoms with Crippen molar-refractivity contribution < 1.29 is 22.3 Å². The van der Waals surface area contributed by atoms with E-state index in [4.69, 9.17) is 10.5 Å². The van der Waals surface area contributed by atoms with Crippen molar-refractivity contribution in [1.29, 1.82) is 0 Å². The Hall–Kier alpha value is -2.13. The van der Waals surface area contributed by atoms with Crippen LogP contribution in [0.3, 0.4) is 0 Å². The summed E-state index contributed by atoms with van der Waals surface area (Å²) in [6.07, 6.45) is -3.30. The average molecular weight is 406 g/mol. The first-order chi connectivity index (χ1) is 12.3. The first-order valence-electron chi connectivity index (χ1n) is 8.03. The van der Waals surface area contributed by atoms with E-state index in [2.05, 4.69) is 9.97 Å². The molecule has 2 heterocycles. The predicted molar refractivity (Wildman–Crippen MR) is 94.5 cm³/mol. The number of anilines is 1. The fourth-order valence-electron chi connectivity index (χ4n) is 2.63. The lowest BCUT2D eigenvalue weighted by atomic mass is 9.97. The lowest BCUT2D eigenvalue weighted by Gasteiger charge is -2.31. The van der Waals surface area contributed by atoms with Crippen LogP contribution < -0.4 is 15.4 Å². The van der Waals surface area contributed by atoms with Gasteiger partial charge in [-0.3, -0.25) is 0 Å². The van der Waals surface area contributed by atoms with Crippen molar-refractivity contribution in [1.82, 2.24) is 9.97 Å². The number of alkyl halides is 3. The van der Waals surface area contributed by atoms with Gasteiger partial charge in [0.25, 0.3) is 0 Å². The molecule has 1 aliphatic rings. The molecular formula is C17H18ClF4N4O. The number of aromatic nitrogens is 2. The highest BCUT2D eigenvalue weighted by molar-refractivity contribution is 5.85. The van der Waals surface area contributed by atoms with E-state index < -0.39 is 17.7 Å². The van der Waals surface area contributed by atoms with E-state index in [0.717, 1.165) is 12.0 Å². The Morgan fingerprint density at radius 1 is 1.11 bits per heavy atom. The van der Waals surface area contributed by atoms with Crippen molar-refractivity contribution in [2.75, 3.05) is 24.5 Å². The quantitative estimate of drug-likeness (QED) is 0.779. The summed E-state index contributed by atoms with van der Waals surface area (Å²) in [7, 11) is 0. The summed E-state index contributed by atoms with van der Waals surface area (Å²) in [4.78, 5) is 9.37. The van der Waals surface area contributed by atoms with Gasteiger partial charge in [0.05, 0.1) is 0 Å². The van der Waals surface area contributed by atoms with E-state index in [-0.39, 0.29) is 30.0 Å². The minimum atomic E-state index is -4.65. The summed E-state index contributed by atoms with van der Waals surface area (Å²) in [6, 6.07) is 5.81. The first kappa shape index (κ1) is 21.2. The molecule has 0 atom stereocenters. The fraction of sp³-hybridized carbons (Fsp3) is 0.353. The number of ether oxygens (including phenoxy) is 1. The van der Waals surface area contributed by atoms with E-state index in [1.54, 1.807) is 4.90 Å².